The molecule has 24 heteroatoms. The molecule has 2 saturated carbocycles. The van der Waals surface area contributed by atoms with E-state index in [2.05, 4.69) is 146 Å². The molecular weight excluding hydrogens is 1250 g/mol. The number of rotatable bonds is 13. The summed E-state index contributed by atoms with van der Waals surface area (Å²) < 4.78 is 0. The van der Waals surface area contributed by atoms with Crippen molar-refractivity contribution in [1.29, 1.82) is 0 Å². The number of aromatic nitrogens is 12. The van der Waals surface area contributed by atoms with E-state index >= 15 is 0 Å². The van der Waals surface area contributed by atoms with Gasteiger partial charge < -0.3 is 39.2 Å². The van der Waals surface area contributed by atoms with E-state index in [1.54, 1.807) is 0 Å². The van der Waals surface area contributed by atoms with Crippen LogP contribution < -0.4 is 29.4 Å². The predicted molar refractivity (Wildman–Crippen MR) is 410 cm³/mol. The van der Waals surface area contributed by atoms with Crippen LogP contribution in [0.1, 0.15) is 112 Å². The van der Waals surface area contributed by atoms with E-state index in [0.29, 0.717) is 0 Å². The molecule has 0 aromatic carbocycles. The Morgan fingerprint density at radius 1 is 0.320 bits per heavy atom. The summed E-state index contributed by atoms with van der Waals surface area (Å²) >= 11 is 0. The molecule has 0 atom stereocenters. The van der Waals surface area contributed by atoms with E-state index in [4.69, 9.17) is 0 Å². The van der Waals surface area contributed by atoms with Crippen molar-refractivity contribution in [2.24, 2.45) is 0 Å². The minimum Gasteiger partial charge on any atom is -0.354 e. The molecule has 8 aliphatic rings. The first kappa shape index (κ1) is 78.2. The van der Waals surface area contributed by atoms with Gasteiger partial charge in [0.05, 0.1) is 36.2 Å². The maximum Gasteiger partial charge on any atom is 0.225 e. The topological polar surface area (TPSA) is 194 Å². The second-order valence-electron chi connectivity index (χ2n) is 27.8. The third-order valence-corrected chi connectivity index (χ3v) is 19.3. The molecule has 6 aromatic rings. The first-order chi connectivity index (χ1) is 48.3. The molecule has 8 fully saturated rings. The van der Waals surface area contributed by atoms with E-state index in [1.165, 1.54) is 97.1 Å². The number of likely N-dealkylation sites (N-methyl/N-ethyl adjacent to an activating group) is 2. The molecule has 0 bridgehead atoms. The molecule has 546 valence electrons. The van der Waals surface area contributed by atoms with Crippen LogP contribution in [0.25, 0.3) is 0 Å². The minimum absolute atomic E-state index is 0. The van der Waals surface area contributed by atoms with Gasteiger partial charge in [-0.1, -0.05) is 26.5 Å². The minimum atomic E-state index is 0. The lowest BCUT2D eigenvalue weighted by molar-refractivity contribution is 0.283. The Hall–Kier alpha value is -7.48. The van der Waals surface area contributed by atoms with Crippen molar-refractivity contribution in [2.45, 2.75) is 132 Å². The van der Waals surface area contributed by atoms with Gasteiger partial charge in [-0.05, 0) is 155 Å². The van der Waals surface area contributed by atoms with Gasteiger partial charge in [0.25, 0.3) is 0 Å². The van der Waals surface area contributed by atoms with Gasteiger partial charge in [0, 0.05) is 219 Å². The zero-order chi connectivity index (χ0) is 69.6. The van der Waals surface area contributed by atoms with Crippen molar-refractivity contribution in [3.63, 3.8) is 0 Å². The molecule has 0 radical (unpaired) electrons. The number of nitrogens with zero attached hydrogens (tertiary/aromatic N) is 24. The smallest absolute Gasteiger partial charge is 0.225 e. The van der Waals surface area contributed by atoms with Crippen molar-refractivity contribution in [3.05, 3.63) is 133 Å². The van der Waals surface area contributed by atoms with Crippen molar-refractivity contribution in [1.82, 2.24) is 89.2 Å². The second-order valence-corrected chi connectivity index (χ2v) is 27.8. The Bertz CT molecular complexity index is 3060. The van der Waals surface area contributed by atoms with Crippen LogP contribution in [0.4, 0.5) is 35.4 Å². The van der Waals surface area contributed by atoms with Crippen LogP contribution in [0.2, 0.25) is 0 Å². The van der Waals surface area contributed by atoms with Crippen molar-refractivity contribution >= 4 is 35.4 Å². The highest BCUT2D eigenvalue weighted by Crippen LogP contribution is 2.29. The summed E-state index contributed by atoms with van der Waals surface area (Å²) in [5, 5.41) is 0. The molecule has 12 heterocycles. The largest absolute Gasteiger partial charge is 0.354 e. The Balaban J connectivity index is 0.000000152. The summed E-state index contributed by atoms with van der Waals surface area (Å²) in [6.45, 7) is 51.4. The zero-order valence-electron chi connectivity index (χ0n) is 61.5. The Kier molecular flexibility index (Phi) is 32.9. The van der Waals surface area contributed by atoms with Crippen LogP contribution in [0.5, 0.6) is 0 Å². The Morgan fingerprint density at radius 2 is 0.620 bits per heavy atom. The number of hydrogen-bond donors (Lipinski definition) is 0. The highest BCUT2D eigenvalue weighted by Gasteiger charge is 2.32. The summed E-state index contributed by atoms with van der Waals surface area (Å²) in [4.78, 5) is 81.5. The Labute approximate surface area is 600 Å². The SMILES string of the molecule is C.C=CCN1CCCN(c2cnc(C)cn2)CC1.C=CCN1CCCN(c2ncc(C)cn2)CC1.CCN1CCCN(c2ncc(C)cn2)CC1.Cc1cnc(N2CCCN(C)CC2)nc1.Cc1cnc(N2CCCN(C3CC3)CC2)cn1.Cc1cnc(N2CCCN(C3CC3)CC2)nc1. The van der Waals surface area contributed by atoms with Crippen LogP contribution >= 0.6 is 0 Å². The zero-order valence-corrected chi connectivity index (χ0v) is 61.5. The molecule has 6 aliphatic heterocycles. The molecule has 0 amide bonds. The van der Waals surface area contributed by atoms with Crippen molar-refractivity contribution in [2.75, 3.05) is 213 Å². The molecule has 0 N–H and O–H groups in total. The van der Waals surface area contributed by atoms with Crippen LogP contribution in [0.15, 0.2) is 99.7 Å². The number of anilines is 6. The fraction of sp³-hybridized carbons (Fsp3) is 0.632. The van der Waals surface area contributed by atoms with Gasteiger partial charge >= 0.3 is 0 Å². The van der Waals surface area contributed by atoms with E-state index < -0.39 is 0 Å². The standard InChI is InChI=1S/4C13H20N4.C12H20N4.C11H18N4.CH4/c1-11-9-15-13(10-14-11)17-6-2-5-16(7-8-17)12-3-4-12;1-11-9-14-13(15-10-11)17-6-2-5-16(7-8-17)12-3-4-12;1-3-5-16-6-4-7-17(9-8-16)13-11-14-12(2)10-15-13;1-3-5-16-6-4-7-17(9-8-16)13-14-10-12(2)11-15-13;1-3-15-5-4-6-16(8-7-15)12-13-9-11(2)10-14-12;1-10-8-12-11(13-9-10)15-5-3-4-14(2)6-7-15;/h2*9-10,12H,2-8H2,1H3;2*3,10-11H,1,4-9H2,2H3;9-10H,3-8H2,1-2H3;8-9H,3-7H2,1-2H3;1H4. The van der Waals surface area contributed by atoms with Crippen LogP contribution in [0.3, 0.4) is 0 Å². The fourth-order valence-corrected chi connectivity index (χ4v) is 13.0. The summed E-state index contributed by atoms with van der Waals surface area (Å²) in [7, 11) is 2.17. The lowest BCUT2D eigenvalue weighted by atomic mass is 10.4. The normalized spacial score (nSPS) is 19.5. The summed E-state index contributed by atoms with van der Waals surface area (Å²) in [6.07, 6.45) is 39.4. The first-order valence-electron chi connectivity index (χ1n) is 37.1. The van der Waals surface area contributed by atoms with Crippen molar-refractivity contribution in [3.8, 4) is 0 Å². The molecule has 24 nitrogen and oxygen atoms in total. The van der Waals surface area contributed by atoms with E-state index in [0.717, 1.165) is 225 Å². The molecule has 0 spiro atoms. The highest BCUT2D eigenvalue weighted by molar-refractivity contribution is 5.38. The average Bonchev–Trinajstić information content (AvgIpc) is 1.71. The molecule has 14 rings (SSSR count). The maximum atomic E-state index is 4.47. The van der Waals surface area contributed by atoms with Crippen LogP contribution in [0, 0.1) is 41.5 Å². The molecule has 6 saturated heterocycles. The van der Waals surface area contributed by atoms with Crippen molar-refractivity contribution < 1.29 is 0 Å². The van der Waals surface area contributed by atoms with Gasteiger partial charge in [-0.3, -0.25) is 29.6 Å². The summed E-state index contributed by atoms with van der Waals surface area (Å²) in [5.74, 6) is 5.54. The van der Waals surface area contributed by atoms with Crippen LogP contribution in [-0.4, -0.2) is 285 Å². The lowest BCUT2D eigenvalue weighted by Crippen LogP contribution is -2.32. The number of hydrogen-bond acceptors (Lipinski definition) is 24. The maximum absolute atomic E-state index is 4.47. The first-order valence-corrected chi connectivity index (χ1v) is 37.1. The van der Waals surface area contributed by atoms with Gasteiger partial charge in [-0.15, -0.1) is 13.2 Å². The quantitative estimate of drug-likeness (QED) is 0.0995. The monoisotopic (exact) mass is 1370 g/mol. The highest BCUT2D eigenvalue weighted by atomic mass is 15.3. The third kappa shape index (κ3) is 26.8. The fourth-order valence-electron chi connectivity index (χ4n) is 13.0. The van der Waals surface area contributed by atoms with Gasteiger partial charge in [-0.25, -0.2) is 49.8 Å². The van der Waals surface area contributed by atoms with Gasteiger partial charge in [0.2, 0.25) is 23.8 Å². The van der Waals surface area contributed by atoms with Gasteiger partial charge in [0.15, 0.2) is 0 Å². The average molecular weight is 1370 g/mol. The molecule has 100 heavy (non-hydrogen) atoms. The Morgan fingerprint density at radius 3 is 0.960 bits per heavy atom. The molecule has 2 aliphatic carbocycles. The number of aryl methyl sites for hydroxylation is 6. The van der Waals surface area contributed by atoms with E-state index in [-0.39, 0.29) is 7.43 Å². The lowest BCUT2D eigenvalue weighted by Gasteiger charge is -2.22. The molecule has 0 unspecified atom stereocenters. The second kappa shape index (κ2) is 42.1. The van der Waals surface area contributed by atoms with Crippen LogP contribution in [-0.2, 0) is 0 Å². The predicted octanol–water partition coefficient (Wildman–Crippen LogP) is 8.77. The summed E-state index contributed by atoms with van der Waals surface area (Å²) in [5.41, 5.74) is 6.43. The summed E-state index contributed by atoms with van der Waals surface area (Å²) in [6, 6.07) is 1.77. The third-order valence-electron chi connectivity index (χ3n) is 19.3. The molecule has 6 aromatic heterocycles. The van der Waals surface area contributed by atoms with Gasteiger partial charge in [0.1, 0.15) is 11.6 Å². The van der Waals surface area contributed by atoms with Gasteiger partial charge in [-0.2, -0.15) is 0 Å². The molecular formula is C76H122N24. The van der Waals surface area contributed by atoms with E-state index in [1.807, 2.05) is 128 Å². The van der Waals surface area contributed by atoms with E-state index in [9.17, 15) is 0 Å².